The normalized spacial score (nSPS) is 12.5. The number of oxazole rings is 1. The van der Waals surface area contributed by atoms with Crippen LogP contribution in [-0.2, 0) is 0 Å². The fourth-order valence-corrected chi connectivity index (χ4v) is 14.3. The molecule has 63 heavy (non-hydrogen) atoms. The van der Waals surface area contributed by atoms with E-state index >= 15 is 0 Å². The van der Waals surface area contributed by atoms with Crippen LogP contribution in [0, 0.1) is 0 Å². The molecule has 0 spiro atoms. The molecule has 0 aliphatic heterocycles. The number of benzene rings is 9. The average molecular weight is 827 g/mol. The van der Waals surface area contributed by atoms with E-state index in [-0.39, 0.29) is 0 Å². The molecular weight excluding hydrogens is 785 g/mol. The summed E-state index contributed by atoms with van der Waals surface area (Å²) in [7, 11) is -2.87. The Balaban J connectivity index is 1.17. The monoisotopic (exact) mass is 826 g/mol. The quantitative estimate of drug-likeness (QED) is 0.0826. The van der Waals surface area contributed by atoms with Crippen molar-refractivity contribution in [3.8, 4) is 11.5 Å². The Labute approximate surface area is 366 Å². The van der Waals surface area contributed by atoms with Crippen molar-refractivity contribution < 1.29 is 8.83 Å². The molecule has 0 saturated heterocycles. The van der Waals surface area contributed by atoms with Gasteiger partial charge in [0.15, 0.2) is 13.7 Å². The molecule has 0 radical (unpaired) electrons. The minimum Gasteiger partial charge on any atom is -0.456 e. The van der Waals surface area contributed by atoms with Crippen LogP contribution in [0.15, 0.2) is 233 Å². The van der Waals surface area contributed by atoms with Crippen LogP contribution in [0.2, 0.25) is 0 Å². The molecule has 2 heterocycles. The van der Waals surface area contributed by atoms with Crippen LogP contribution >= 0.6 is 0 Å². The zero-order chi connectivity index (χ0) is 42.3. The van der Waals surface area contributed by atoms with Crippen LogP contribution in [0.4, 0.5) is 11.4 Å². The lowest BCUT2D eigenvalue weighted by molar-refractivity contribution is 0.575. The maximum absolute atomic E-state index is 6.66. The molecule has 0 atom stereocenters. The van der Waals surface area contributed by atoms with Gasteiger partial charge < -0.3 is 13.7 Å². The third-order valence-electron chi connectivity index (χ3n) is 12.3. The van der Waals surface area contributed by atoms with E-state index in [0.29, 0.717) is 5.89 Å². The van der Waals surface area contributed by atoms with Crippen molar-refractivity contribution in [2.45, 2.75) is 6.92 Å². The Kier molecular flexibility index (Phi) is 9.52. The Morgan fingerprint density at radius 2 is 1.11 bits per heavy atom. The Morgan fingerprint density at radius 3 is 1.79 bits per heavy atom. The molecule has 11 aromatic rings. The summed E-state index contributed by atoms with van der Waals surface area (Å²) in [4.78, 5) is 7.22. The minimum atomic E-state index is -2.87. The lowest BCUT2D eigenvalue weighted by atomic mass is 10.00. The summed E-state index contributed by atoms with van der Waals surface area (Å²) < 4.78 is 13.2. The summed E-state index contributed by atoms with van der Waals surface area (Å²) in [6.07, 6.45) is 4.19. The van der Waals surface area contributed by atoms with E-state index in [9.17, 15) is 0 Å². The number of para-hydroxylation sites is 1. The SMILES string of the molecule is C=C(/C=c1/oc2ccccc2/c1=C/C)N(c1cccc([Si](c2ccccc2)(c2ccccc2)c2ccccc2)c1)c1ccc2ccc3ccc4nc(-c5ccccc5)oc4c3c2c1. The fourth-order valence-electron chi connectivity index (χ4n) is 9.48. The largest absolute Gasteiger partial charge is 0.456 e. The third kappa shape index (κ3) is 6.49. The number of rotatable bonds is 9. The maximum Gasteiger partial charge on any atom is 0.227 e. The van der Waals surface area contributed by atoms with Gasteiger partial charge in [0.1, 0.15) is 16.5 Å². The van der Waals surface area contributed by atoms with Crippen LogP contribution in [0.1, 0.15) is 6.92 Å². The molecule has 0 unspecified atom stereocenters. The first-order chi connectivity index (χ1) is 31.1. The van der Waals surface area contributed by atoms with Gasteiger partial charge in [-0.3, -0.25) is 0 Å². The van der Waals surface area contributed by atoms with E-state index in [2.05, 4.69) is 194 Å². The topological polar surface area (TPSA) is 42.4 Å². The van der Waals surface area contributed by atoms with Gasteiger partial charge in [0.2, 0.25) is 5.89 Å². The highest BCUT2D eigenvalue weighted by atomic mass is 28.3. The van der Waals surface area contributed by atoms with Crippen LogP contribution in [0.5, 0.6) is 0 Å². The summed E-state index contributed by atoms with van der Waals surface area (Å²) in [5.41, 5.74) is 6.83. The molecule has 0 aliphatic carbocycles. The molecule has 0 aliphatic rings. The standard InChI is InChI=1S/C58H42N2O2Si/c1-3-50-51-29-16-17-30-54(51)61-55(50)37-40(2)60(45-35-33-41-31-32-42-34-36-53-57(56(42)52(41)39-45)62-58(59-53)43-19-8-4-9-20-43)44-21-18-28-49(38-44)63(46-22-10-5-11-23-46,47-24-12-6-13-25-47)48-26-14-7-15-27-48/h3-39H,2H2,1H3/b50-3-,55-37+. The highest BCUT2D eigenvalue weighted by Crippen LogP contribution is 2.38. The van der Waals surface area contributed by atoms with Gasteiger partial charge in [-0.1, -0.05) is 176 Å². The van der Waals surface area contributed by atoms with E-state index < -0.39 is 8.07 Å². The van der Waals surface area contributed by atoms with Crippen molar-refractivity contribution in [3.63, 3.8) is 0 Å². The lowest BCUT2D eigenvalue weighted by Crippen LogP contribution is -2.74. The fraction of sp³-hybridized carbons (Fsp3) is 0.0172. The van der Waals surface area contributed by atoms with Crippen LogP contribution in [-0.4, -0.2) is 13.1 Å². The highest BCUT2D eigenvalue weighted by molar-refractivity contribution is 7.19. The minimum absolute atomic E-state index is 0.602. The molecule has 0 amide bonds. The molecule has 300 valence electrons. The van der Waals surface area contributed by atoms with Crippen molar-refractivity contribution >= 4 is 96.0 Å². The predicted octanol–water partition coefficient (Wildman–Crippen LogP) is 10.9. The van der Waals surface area contributed by atoms with Crippen LogP contribution in [0.25, 0.3) is 67.2 Å². The molecule has 0 saturated carbocycles. The second kappa shape index (κ2) is 15.8. The van der Waals surface area contributed by atoms with Gasteiger partial charge in [-0.25, -0.2) is 4.98 Å². The first-order valence-corrected chi connectivity index (χ1v) is 23.3. The molecule has 0 N–H and O–H groups in total. The van der Waals surface area contributed by atoms with E-state index in [4.69, 9.17) is 20.4 Å². The molecule has 4 nitrogen and oxygen atoms in total. The first-order valence-electron chi connectivity index (χ1n) is 21.3. The number of hydrogen-bond donors (Lipinski definition) is 0. The molecule has 2 aromatic heterocycles. The number of anilines is 2. The van der Waals surface area contributed by atoms with Crippen molar-refractivity contribution in [1.29, 1.82) is 0 Å². The number of nitrogens with zero attached hydrogens (tertiary/aromatic N) is 2. The maximum atomic E-state index is 6.66. The number of allylic oxidation sites excluding steroid dienone is 1. The Morgan fingerprint density at radius 1 is 0.540 bits per heavy atom. The van der Waals surface area contributed by atoms with Gasteiger partial charge in [0.25, 0.3) is 0 Å². The van der Waals surface area contributed by atoms with E-state index in [1.54, 1.807) is 0 Å². The summed E-state index contributed by atoms with van der Waals surface area (Å²) in [6.45, 7) is 6.88. The summed E-state index contributed by atoms with van der Waals surface area (Å²) >= 11 is 0. The van der Waals surface area contributed by atoms with E-state index in [0.717, 1.165) is 76.9 Å². The zero-order valence-electron chi connectivity index (χ0n) is 34.8. The summed E-state index contributed by atoms with van der Waals surface area (Å²) in [5.74, 6) is 0.602. The van der Waals surface area contributed by atoms with Gasteiger partial charge in [-0.2, -0.15) is 0 Å². The van der Waals surface area contributed by atoms with Gasteiger partial charge in [0, 0.05) is 44.7 Å². The number of fused-ring (bicyclic) bond motifs is 6. The number of furan rings is 1. The zero-order valence-corrected chi connectivity index (χ0v) is 35.8. The van der Waals surface area contributed by atoms with Gasteiger partial charge in [-0.15, -0.1) is 0 Å². The van der Waals surface area contributed by atoms with Crippen molar-refractivity contribution in [2.75, 3.05) is 4.90 Å². The molecule has 0 fully saturated rings. The molecule has 0 bridgehead atoms. The average Bonchev–Trinajstić information content (AvgIpc) is 3.95. The second-order valence-corrected chi connectivity index (χ2v) is 19.7. The lowest BCUT2D eigenvalue weighted by Gasteiger charge is -2.35. The van der Waals surface area contributed by atoms with Crippen molar-refractivity contribution in [2.24, 2.45) is 0 Å². The Bertz CT molecular complexity index is 3500. The van der Waals surface area contributed by atoms with Crippen molar-refractivity contribution in [3.05, 3.63) is 235 Å². The third-order valence-corrected chi connectivity index (χ3v) is 17.1. The van der Waals surface area contributed by atoms with E-state index in [1.807, 2.05) is 42.5 Å². The van der Waals surface area contributed by atoms with Crippen LogP contribution < -0.4 is 36.3 Å². The Hall–Kier alpha value is -7.99. The summed E-state index contributed by atoms with van der Waals surface area (Å²) in [5, 5.41) is 11.6. The number of aromatic nitrogens is 1. The van der Waals surface area contributed by atoms with Crippen LogP contribution in [0.3, 0.4) is 0 Å². The second-order valence-electron chi connectivity index (χ2n) is 15.9. The molecule has 5 heteroatoms. The van der Waals surface area contributed by atoms with Gasteiger partial charge in [-0.05, 0) is 92.4 Å². The number of hydrogen-bond acceptors (Lipinski definition) is 4. The highest BCUT2D eigenvalue weighted by Gasteiger charge is 2.41. The summed E-state index contributed by atoms with van der Waals surface area (Å²) in [6, 6.07) is 75.7. The van der Waals surface area contributed by atoms with Gasteiger partial charge >= 0.3 is 0 Å². The van der Waals surface area contributed by atoms with Crippen molar-refractivity contribution in [1.82, 2.24) is 4.98 Å². The smallest absolute Gasteiger partial charge is 0.227 e. The van der Waals surface area contributed by atoms with Gasteiger partial charge in [0.05, 0.1) is 0 Å². The first kappa shape index (κ1) is 38.0. The van der Waals surface area contributed by atoms with E-state index in [1.165, 1.54) is 20.7 Å². The molecule has 11 rings (SSSR count). The molecule has 9 aromatic carbocycles. The predicted molar refractivity (Wildman–Crippen MR) is 266 cm³/mol. The molecular formula is C58H42N2O2Si.